The van der Waals surface area contributed by atoms with Crippen molar-refractivity contribution in [2.24, 2.45) is 0 Å². The third-order valence-corrected chi connectivity index (χ3v) is 5.53. The Kier molecular flexibility index (Phi) is 5.56. The highest BCUT2D eigenvalue weighted by molar-refractivity contribution is 8.02. The fraction of sp³-hybridized carbons (Fsp3) is 0.769. The van der Waals surface area contributed by atoms with Gasteiger partial charge < -0.3 is 0 Å². The fourth-order valence-corrected chi connectivity index (χ4v) is 4.47. The lowest BCUT2D eigenvalue weighted by Crippen LogP contribution is -2.39. The van der Waals surface area contributed by atoms with Gasteiger partial charge >= 0.3 is 0 Å². The van der Waals surface area contributed by atoms with Gasteiger partial charge in [0.2, 0.25) is 0 Å². The molecule has 0 aromatic heterocycles. The first-order valence-electron chi connectivity index (χ1n) is 6.22. The average Bonchev–Trinajstić information content (AvgIpc) is 2.53. The topological polar surface area (TPSA) is 12.0 Å². The third kappa shape index (κ3) is 3.61. The highest BCUT2D eigenvalue weighted by Crippen LogP contribution is 2.42. The molecule has 1 N–H and O–H groups in total. The lowest BCUT2D eigenvalue weighted by molar-refractivity contribution is 0.476. The van der Waals surface area contributed by atoms with E-state index in [1.807, 2.05) is 0 Å². The normalized spacial score (nSPS) is 29.7. The predicted octanol–water partition coefficient (Wildman–Crippen LogP) is 4.23. The molecular weight excluding hydrogens is 233 g/mol. The van der Waals surface area contributed by atoms with E-state index in [9.17, 15) is 0 Å². The lowest BCUT2D eigenvalue weighted by atomic mass is 10.0. The Balaban J connectivity index is 2.67. The van der Waals surface area contributed by atoms with E-state index in [2.05, 4.69) is 53.3 Å². The highest BCUT2D eigenvalue weighted by atomic mass is 32.2. The molecular formula is C13H24NPS. The molecule has 0 aromatic carbocycles. The summed E-state index contributed by atoms with van der Waals surface area (Å²) in [6.45, 7) is 10.6. The second kappa shape index (κ2) is 6.23. The van der Waals surface area contributed by atoms with Crippen LogP contribution in [-0.2, 0) is 0 Å². The number of thioether (sulfide) groups is 1. The molecule has 3 heteroatoms. The lowest BCUT2D eigenvalue weighted by Gasteiger charge is -2.28. The Morgan fingerprint density at radius 3 is 2.62 bits per heavy atom. The smallest absolute Gasteiger partial charge is 0.0695 e. The molecule has 0 saturated carbocycles. The van der Waals surface area contributed by atoms with Crippen molar-refractivity contribution in [3.8, 4) is 0 Å². The van der Waals surface area contributed by atoms with E-state index < -0.39 is 0 Å². The van der Waals surface area contributed by atoms with Crippen molar-refractivity contribution in [2.75, 3.05) is 0 Å². The summed E-state index contributed by atoms with van der Waals surface area (Å²) in [6, 6.07) is 0. The highest BCUT2D eigenvalue weighted by Gasteiger charge is 2.40. The van der Waals surface area contributed by atoms with Crippen molar-refractivity contribution in [1.82, 2.24) is 5.32 Å². The summed E-state index contributed by atoms with van der Waals surface area (Å²) in [5, 5.41) is 4.30. The van der Waals surface area contributed by atoms with Crippen LogP contribution in [-0.4, -0.2) is 15.5 Å². The first kappa shape index (κ1) is 14.3. The fourth-order valence-electron chi connectivity index (χ4n) is 2.16. The molecule has 0 bridgehead atoms. The maximum Gasteiger partial charge on any atom is 0.0695 e. The molecule has 0 aromatic rings. The Bertz CT molecular complexity index is 277. The van der Waals surface area contributed by atoms with Crippen molar-refractivity contribution >= 4 is 26.0 Å². The molecule has 92 valence electrons. The SMILES string of the molecule is C=C(C)CCC1(CCC)NC(=P)C(CC)S1. The van der Waals surface area contributed by atoms with Gasteiger partial charge in [-0.05, 0) is 32.6 Å². The largest absolute Gasteiger partial charge is 0.273 e. The van der Waals surface area contributed by atoms with E-state index >= 15 is 0 Å². The van der Waals surface area contributed by atoms with Gasteiger partial charge in [-0.15, -0.1) is 27.2 Å². The van der Waals surface area contributed by atoms with Crippen molar-refractivity contribution in [1.29, 1.82) is 0 Å². The van der Waals surface area contributed by atoms with Gasteiger partial charge in [0, 0.05) is 10.7 Å². The molecule has 0 spiro atoms. The molecule has 1 rings (SSSR count). The van der Waals surface area contributed by atoms with Crippen LogP contribution in [0.1, 0.15) is 52.9 Å². The monoisotopic (exact) mass is 257 g/mol. The van der Waals surface area contributed by atoms with E-state index in [1.54, 1.807) is 0 Å². The van der Waals surface area contributed by atoms with Crippen molar-refractivity contribution < 1.29 is 0 Å². The number of nitrogens with one attached hydrogen (secondary N) is 1. The number of hydrogen-bond acceptors (Lipinski definition) is 1. The minimum Gasteiger partial charge on any atom is -0.273 e. The number of rotatable bonds is 6. The zero-order chi connectivity index (χ0) is 12.2. The molecule has 2 unspecified atom stereocenters. The standard InChI is InChI=1S/C13H24NPS/c1-5-8-13(9-7-10(3)4)14-12(15)11(6-2)16-13/h11,14-15H,3,5-9H2,1-2,4H3. The van der Waals surface area contributed by atoms with Crippen molar-refractivity contribution in [3.63, 3.8) is 0 Å². The minimum atomic E-state index is 0.242. The summed E-state index contributed by atoms with van der Waals surface area (Å²) in [6.07, 6.45) is 5.96. The summed E-state index contributed by atoms with van der Waals surface area (Å²) < 4.78 is 0. The summed E-state index contributed by atoms with van der Waals surface area (Å²) >= 11 is 2.09. The van der Waals surface area contributed by atoms with Crippen LogP contribution >= 0.6 is 20.6 Å². The van der Waals surface area contributed by atoms with E-state index in [-0.39, 0.29) is 4.87 Å². The van der Waals surface area contributed by atoms with Crippen LogP contribution in [0.15, 0.2) is 12.2 Å². The summed E-state index contributed by atoms with van der Waals surface area (Å²) in [4.78, 5) is 0.242. The van der Waals surface area contributed by atoms with Crippen LogP contribution in [0.5, 0.6) is 0 Å². The molecule has 16 heavy (non-hydrogen) atoms. The maximum absolute atomic E-state index is 4.01. The van der Waals surface area contributed by atoms with Crippen LogP contribution in [0, 0.1) is 0 Å². The Hall–Kier alpha value is 0.220. The molecule has 0 aliphatic carbocycles. The van der Waals surface area contributed by atoms with E-state index in [0.29, 0.717) is 5.25 Å². The van der Waals surface area contributed by atoms with Crippen LogP contribution in [0.4, 0.5) is 0 Å². The van der Waals surface area contributed by atoms with Gasteiger partial charge in [0.25, 0.3) is 0 Å². The van der Waals surface area contributed by atoms with Gasteiger partial charge in [0.15, 0.2) is 0 Å². The molecule has 0 radical (unpaired) electrons. The van der Waals surface area contributed by atoms with Crippen LogP contribution in [0.3, 0.4) is 0 Å². The third-order valence-electron chi connectivity index (χ3n) is 3.03. The maximum atomic E-state index is 4.01. The summed E-state index contributed by atoms with van der Waals surface area (Å²) in [5.74, 6) is 0. The van der Waals surface area contributed by atoms with Gasteiger partial charge in [-0.1, -0.05) is 25.8 Å². The molecule has 1 aliphatic rings. The number of hydrogen-bond donors (Lipinski definition) is 1. The van der Waals surface area contributed by atoms with Crippen molar-refractivity contribution in [2.45, 2.75) is 63.0 Å². The molecule has 0 amide bonds. The Labute approximate surface area is 107 Å². The predicted molar refractivity (Wildman–Crippen MR) is 79.8 cm³/mol. The molecule has 1 nitrogen and oxygen atoms in total. The first-order valence-corrected chi connectivity index (χ1v) is 7.59. The van der Waals surface area contributed by atoms with Crippen LogP contribution in [0.2, 0.25) is 0 Å². The Morgan fingerprint density at radius 2 is 2.19 bits per heavy atom. The first-order chi connectivity index (χ1) is 7.53. The van der Waals surface area contributed by atoms with Gasteiger partial charge in [-0.25, -0.2) is 0 Å². The van der Waals surface area contributed by atoms with Gasteiger partial charge in [-0.2, -0.15) is 0 Å². The second-order valence-electron chi connectivity index (χ2n) is 4.75. The van der Waals surface area contributed by atoms with E-state index in [1.165, 1.54) is 36.7 Å². The summed E-state index contributed by atoms with van der Waals surface area (Å²) in [7, 11) is 3.73. The van der Waals surface area contributed by atoms with Crippen molar-refractivity contribution in [3.05, 3.63) is 12.2 Å². The molecule has 1 saturated heterocycles. The van der Waals surface area contributed by atoms with Gasteiger partial charge in [-0.3, -0.25) is 5.32 Å². The average molecular weight is 257 g/mol. The zero-order valence-electron chi connectivity index (χ0n) is 10.7. The van der Waals surface area contributed by atoms with Gasteiger partial charge in [0.1, 0.15) is 0 Å². The van der Waals surface area contributed by atoms with Crippen LogP contribution < -0.4 is 5.32 Å². The summed E-state index contributed by atoms with van der Waals surface area (Å²) in [5.41, 5.74) is 2.57. The van der Waals surface area contributed by atoms with E-state index in [4.69, 9.17) is 0 Å². The molecule has 1 fully saturated rings. The number of allylic oxidation sites excluding steroid dienone is 1. The molecule has 1 aliphatic heterocycles. The zero-order valence-corrected chi connectivity index (χ0v) is 12.5. The Morgan fingerprint density at radius 1 is 1.50 bits per heavy atom. The molecule has 2 atom stereocenters. The molecule has 1 heterocycles. The second-order valence-corrected chi connectivity index (χ2v) is 6.88. The van der Waals surface area contributed by atoms with E-state index in [0.717, 1.165) is 6.42 Å². The van der Waals surface area contributed by atoms with Crippen LogP contribution in [0.25, 0.3) is 0 Å². The quantitative estimate of drug-likeness (QED) is 0.564. The van der Waals surface area contributed by atoms with Gasteiger partial charge in [0.05, 0.1) is 4.87 Å². The minimum absolute atomic E-state index is 0.242.